The summed E-state index contributed by atoms with van der Waals surface area (Å²) in [5, 5.41) is 0. The quantitative estimate of drug-likeness (QED) is 0.589. The van der Waals surface area contributed by atoms with E-state index in [1.807, 2.05) is 12.1 Å². The Balaban J connectivity index is 3.13. The number of hydrazine groups is 1. The minimum Gasteiger partial charge on any atom is -0.496 e. The Morgan fingerprint density at radius 2 is 2.00 bits per heavy atom. The molecule has 0 fully saturated rings. The zero-order valence-corrected chi connectivity index (χ0v) is 9.87. The first-order valence-electron chi connectivity index (χ1n) is 5.20. The number of methoxy groups -OCH3 is 1. The third-order valence-electron chi connectivity index (χ3n) is 2.57. The Morgan fingerprint density at radius 1 is 1.33 bits per heavy atom. The zero-order valence-electron chi connectivity index (χ0n) is 9.87. The molecule has 0 aliphatic heterocycles. The van der Waals surface area contributed by atoms with Gasteiger partial charge < -0.3 is 4.74 Å². The molecule has 1 rings (SSSR count). The number of benzene rings is 1. The maximum Gasteiger partial charge on any atom is 0.123 e. The van der Waals surface area contributed by atoms with Gasteiger partial charge in [0, 0.05) is 5.56 Å². The van der Waals surface area contributed by atoms with Crippen LogP contribution in [0.1, 0.15) is 31.0 Å². The van der Waals surface area contributed by atoms with E-state index in [0.717, 1.165) is 11.3 Å². The predicted octanol–water partition coefficient (Wildman–Crippen LogP) is 2.16. The molecule has 0 saturated heterocycles. The molecule has 0 spiro atoms. The van der Waals surface area contributed by atoms with Gasteiger partial charge in [0.15, 0.2) is 0 Å². The van der Waals surface area contributed by atoms with Crippen molar-refractivity contribution >= 4 is 0 Å². The Kier molecular flexibility index (Phi) is 4.12. The standard InChI is InChI=1S/C12H20N2O/c1-8(2)12(14-13)10-7-9(3)5-6-11(10)15-4/h5-8,12,14H,13H2,1-4H3. The molecule has 1 atom stereocenters. The lowest BCUT2D eigenvalue weighted by Crippen LogP contribution is -2.31. The Morgan fingerprint density at radius 3 is 2.47 bits per heavy atom. The largest absolute Gasteiger partial charge is 0.496 e. The fourth-order valence-corrected chi connectivity index (χ4v) is 1.74. The highest BCUT2D eigenvalue weighted by atomic mass is 16.5. The summed E-state index contributed by atoms with van der Waals surface area (Å²) in [6.45, 7) is 6.33. The maximum atomic E-state index is 5.57. The molecule has 15 heavy (non-hydrogen) atoms. The summed E-state index contributed by atoms with van der Waals surface area (Å²) in [5.74, 6) is 6.88. The van der Waals surface area contributed by atoms with Crippen LogP contribution in [0.25, 0.3) is 0 Å². The molecule has 0 bridgehead atoms. The minimum atomic E-state index is 0.125. The number of nitrogens with two attached hydrogens (primary N) is 1. The second kappa shape index (κ2) is 5.14. The van der Waals surface area contributed by atoms with Crippen molar-refractivity contribution in [2.45, 2.75) is 26.8 Å². The molecule has 1 aromatic carbocycles. The summed E-state index contributed by atoms with van der Waals surface area (Å²) < 4.78 is 5.34. The van der Waals surface area contributed by atoms with Gasteiger partial charge in [-0.05, 0) is 18.9 Å². The second-order valence-corrected chi connectivity index (χ2v) is 4.13. The normalized spacial score (nSPS) is 12.9. The lowest BCUT2D eigenvalue weighted by Gasteiger charge is -2.22. The maximum absolute atomic E-state index is 5.57. The van der Waals surface area contributed by atoms with E-state index in [1.54, 1.807) is 7.11 Å². The smallest absolute Gasteiger partial charge is 0.123 e. The van der Waals surface area contributed by atoms with Crippen LogP contribution in [0.15, 0.2) is 18.2 Å². The molecule has 84 valence electrons. The van der Waals surface area contributed by atoms with Gasteiger partial charge in [-0.3, -0.25) is 11.3 Å². The highest BCUT2D eigenvalue weighted by Gasteiger charge is 2.18. The molecule has 0 radical (unpaired) electrons. The van der Waals surface area contributed by atoms with E-state index in [1.165, 1.54) is 5.56 Å². The molecule has 0 amide bonds. The van der Waals surface area contributed by atoms with E-state index in [2.05, 4.69) is 32.3 Å². The average Bonchev–Trinajstić information content (AvgIpc) is 2.18. The number of hydrogen-bond donors (Lipinski definition) is 2. The van der Waals surface area contributed by atoms with Crippen molar-refractivity contribution in [2.75, 3.05) is 7.11 Å². The Bertz CT molecular complexity index is 323. The summed E-state index contributed by atoms with van der Waals surface area (Å²) in [7, 11) is 1.68. The summed E-state index contributed by atoms with van der Waals surface area (Å²) in [5.41, 5.74) is 5.17. The molecule has 0 saturated carbocycles. The molecule has 0 aromatic heterocycles. The highest BCUT2D eigenvalue weighted by Crippen LogP contribution is 2.30. The molecule has 0 aliphatic rings. The van der Waals surface area contributed by atoms with Crippen molar-refractivity contribution in [3.05, 3.63) is 29.3 Å². The van der Waals surface area contributed by atoms with Gasteiger partial charge in [-0.1, -0.05) is 31.5 Å². The highest BCUT2D eigenvalue weighted by molar-refractivity contribution is 5.39. The van der Waals surface area contributed by atoms with Gasteiger partial charge in [-0.25, -0.2) is 0 Å². The zero-order chi connectivity index (χ0) is 11.4. The molecule has 0 heterocycles. The van der Waals surface area contributed by atoms with Crippen molar-refractivity contribution in [3.8, 4) is 5.75 Å². The molecule has 1 aromatic rings. The van der Waals surface area contributed by atoms with Gasteiger partial charge in [0.25, 0.3) is 0 Å². The fourth-order valence-electron chi connectivity index (χ4n) is 1.74. The molecular formula is C12H20N2O. The molecule has 1 unspecified atom stereocenters. The summed E-state index contributed by atoms with van der Waals surface area (Å²) in [6, 6.07) is 6.26. The summed E-state index contributed by atoms with van der Waals surface area (Å²) in [4.78, 5) is 0. The summed E-state index contributed by atoms with van der Waals surface area (Å²) in [6.07, 6.45) is 0. The van der Waals surface area contributed by atoms with Crippen molar-refractivity contribution in [1.82, 2.24) is 5.43 Å². The van der Waals surface area contributed by atoms with Crippen LogP contribution >= 0.6 is 0 Å². The van der Waals surface area contributed by atoms with Gasteiger partial charge in [-0.2, -0.15) is 0 Å². The topological polar surface area (TPSA) is 47.3 Å². The number of rotatable bonds is 4. The number of nitrogens with one attached hydrogen (secondary N) is 1. The van der Waals surface area contributed by atoms with Gasteiger partial charge >= 0.3 is 0 Å². The van der Waals surface area contributed by atoms with Crippen LogP contribution in [0.4, 0.5) is 0 Å². The van der Waals surface area contributed by atoms with E-state index >= 15 is 0 Å². The van der Waals surface area contributed by atoms with Gasteiger partial charge in [-0.15, -0.1) is 0 Å². The Hall–Kier alpha value is -1.06. The van der Waals surface area contributed by atoms with E-state index in [4.69, 9.17) is 10.6 Å². The average molecular weight is 208 g/mol. The first-order chi connectivity index (χ1) is 7.10. The van der Waals surface area contributed by atoms with E-state index < -0.39 is 0 Å². The van der Waals surface area contributed by atoms with Crippen molar-refractivity contribution < 1.29 is 4.74 Å². The lowest BCUT2D eigenvalue weighted by atomic mass is 9.94. The van der Waals surface area contributed by atoms with Gasteiger partial charge in [0.2, 0.25) is 0 Å². The first kappa shape index (κ1) is 12.0. The van der Waals surface area contributed by atoms with Gasteiger partial charge in [0.05, 0.1) is 13.2 Å². The third kappa shape index (κ3) is 2.70. The molecule has 3 heteroatoms. The number of ether oxygens (including phenoxy) is 1. The van der Waals surface area contributed by atoms with Crippen LogP contribution in [0.2, 0.25) is 0 Å². The van der Waals surface area contributed by atoms with Crippen LogP contribution in [0.5, 0.6) is 5.75 Å². The van der Waals surface area contributed by atoms with Crippen LogP contribution in [-0.4, -0.2) is 7.11 Å². The van der Waals surface area contributed by atoms with Crippen molar-refractivity contribution in [2.24, 2.45) is 11.8 Å². The van der Waals surface area contributed by atoms with E-state index in [0.29, 0.717) is 5.92 Å². The summed E-state index contributed by atoms with van der Waals surface area (Å²) >= 11 is 0. The lowest BCUT2D eigenvalue weighted by molar-refractivity contribution is 0.373. The van der Waals surface area contributed by atoms with Crippen LogP contribution in [0.3, 0.4) is 0 Å². The van der Waals surface area contributed by atoms with Crippen LogP contribution in [-0.2, 0) is 0 Å². The number of aryl methyl sites for hydroxylation is 1. The van der Waals surface area contributed by atoms with Gasteiger partial charge in [0.1, 0.15) is 5.75 Å². The molecule has 3 nitrogen and oxygen atoms in total. The minimum absolute atomic E-state index is 0.125. The van der Waals surface area contributed by atoms with Crippen LogP contribution < -0.4 is 16.0 Å². The van der Waals surface area contributed by atoms with E-state index in [9.17, 15) is 0 Å². The first-order valence-corrected chi connectivity index (χ1v) is 5.20. The second-order valence-electron chi connectivity index (χ2n) is 4.13. The fraction of sp³-hybridized carbons (Fsp3) is 0.500. The number of hydrogen-bond acceptors (Lipinski definition) is 3. The SMILES string of the molecule is COc1ccc(C)cc1C(NN)C(C)C. The Labute approximate surface area is 91.6 Å². The van der Waals surface area contributed by atoms with Crippen LogP contribution in [0, 0.1) is 12.8 Å². The molecular weight excluding hydrogens is 188 g/mol. The third-order valence-corrected chi connectivity index (χ3v) is 2.57. The monoisotopic (exact) mass is 208 g/mol. The van der Waals surface area contributed by atoms with E-state index in [-0.39, 0.29) is 6.04 Å². The van der Waals surface area contributed by atoms with Crippen molar-refractivity contribution in [1.29, 1.82) is 0 Å². The molecule has 3 N–H and O–H groups in total. The predicted molar refractivity (Wildman–Crippen MR) is 62.6 cm³/mol. The van der Waals surface area contributed by atoms with Crippen molar-refractivity contribution in [3.63, 3.8) is 0 Å². The molecule has 0 aliphatic carbocycles.